The largest absolute Gasteiger partial charge is 0.339 e. The normalized spacial score (nSPS) is 16.7. The molecule has 0 N–H and O–H groups in total. The summed E-state index contributed by atoms with van der Waals surface area (Å²) in [6.07, 6.45) is 6.99. The lowest BCUT2D eigenvalue weighted by Gasteiger charge is -2.17. The average molecular weight is 467 g/mol. The van der Waals surface area contributed by atoms with Crippen molar-refractivity contribution in [2.24, 2.45) is 0 Å². The van der Waals surface area contributed by atoms with Gasteiger partial charge < -0.3 is 4.90 Å². The van der Waals surface area contributed by atoms with E-state index >= 15 is 0 Å². The first-order chi connectivity index (χ1) is 15.7. The first-order valence-corrected chi connectivity index (χ1v) is 12.8. The van der Waals surface area contributed by atoms with Crippen LogP contribution >= 0.6 is 23.4 Å². The SMILES string of the molecule is O=C(c1ccc(CSc2nnc(-c3ccccc3Cl)n2C2CCCC2)cc1)N1CCCC1. The molecule has 32 heavy (non-hydrogen) atoms. The molecule has 5 nitrogen and oxygen atoms in total. The van der Waals surface area contributed by atoms with Crippen LogP contribution in [-0.2, 0) is 5.75 Å². The molecule has 2 heterocycles. The van der Waals surface area contributed by atoms with Crippen molar-refractivity contribution in [3.05, 3.63) is 64.7 Å². The Balaban J connectivity index is 1.34. The molecule has 2 fully saturated rings. The number of thioether (sulfide) groups is 1. The molecule has 1 saturated carbocycles. The number of benzene rings is 2. The molecule has 2 aliphatic rings. The van der Waals surface area contributed by atoms with Crippen molar-refractivity contribution >= 4 is 29.3 Å². The maximum atomic E-state index is 12.6. The van der Waals surface area contributed by atoms with Crippen molar-refractivity contribution in [2.75, 3.05) is 13.1 Å². The van der Waals surface area contributed by atoms with E-state index in [1.54, 1.807) is 11.8 Å². The Morgan fingerprint density at radius 1 is 0.969 bits per heavy atom. The molecule has 1 aliphatic carbocycles. The number of rotatable bonds is 6. The molecular formula is C25H27ClN4OS. The van der Waals surface area contributed by atoms with Crippen LogP contribution in [0.4, 0.5) is 0 Å². The minimum absolute atomic E-state index is 0.145. The van der Waals surface area contributed by atoms with Gasteiger partial charge in [0.25, 0.3) is 5.91 Å². The second-order valence-corrected chi connectivity index (χ2v) is 9.93. The van der Waals surface area contributed by atoms with Gasteiger partial charge in [0.15, 0.2) is 11.0 Å². The van der Waals surface area contributed by atoms with Crippen LogP contribution in [-0.4, -0.2) is 38.7 Å². The van der Waals surface area contributed by atoms with E-state index in [9.17, 15) is 4.79 Å². The van der Waals surface area contributed by atoms with Gasteiger partial charge in [-0.25, -0.2) is 0 Å². The Kier molecular flexibility index (Phi) is 6.51. The third-order valence-corrected chi connectivity index (χ3v) is 7.78. The van der Waals surface area contributed by atoms with Crippen LogP contribution in [0.5, 0.6) is 0 Å². The molecule has 0 bridgehead atoms. The number of amides is 1. The van der Waals surface area contributed by atoms with E-state index in [1.807, 2.05) is 41.3 Å². The van der Waals surface area contributed by atoms with Crippen molar-refractivity contribution < 1.29 is 4.79 Å². The Labute approximate surface area is 198 Å². The highest BCUT2D eigenvalue weighted by atomic mass is 35.5. The van der Waals surface area contributed by atoms with Crippen molar-refractivity contribution in [1.82, 2.24) is 19.7 Å². The number of hydrogen-bond acceptors (Lipinski definition) is 4. The van der Waals surface area contributed by atoms with Gasteiger partial charge in [0.1, 0.15) is 0 Å². The van der Waals surface area contributed by atoms with Gasteiger partial charge >= 0.3 is 0 Å². The van der Waals surface area contributed by atoms with Crippen LogP contribution in [0.2, 0.25) is 5.02 Å². The van der Waals surface area contributed by atoms with Gasteiger partial charge in [0.05, 0.1) is 5.02 Å². The summed E-state index contributed by atoms with van der Waals surface area (Å²) in [7, 11) is 0. The molecule has 3 aromatic rings. The zero-order chi connectivity index (χ0) is 21.9. The van der Waals surface area contributed by atoms with E-state index in [-0.39, 0.29) is 5.91 Å². The summed E-state index contributed by atoms with van der Waals surface area (Å²) in [6.45, 7) is 1.75. The molecule has 0 radical (unpaired) electrons. The first kappa shape index (κ1) is 21.5. The highest BCUT2D eigenvalue weighted by molar-refractivity contribution is 7.98. The van der Waals surface area contributed by atoms with E-state index in [4.69, 9.17) is 11.6 Å². The van der Waals surface area contributed by atoms with Crippen molar-refractivity contribution in [3.63, 3.8) is 0 Å². The minimum Gasteiger partial charge on any atom is -0.339 e. The molecule has 7 heteroatoms. The summed E-state index contributed by atoms with van der Waals surface area (Å²) in [4.78, 5) is 14.5. The van der Waals surface area contributed by atoms with Gasteiger partial charge in [0, 0.05) is 36.0 Å². The van der Waals surface area contributed by atoms with Gasteiger partial charge in [-0.1, -0.05) is 60.5 Å². The third-order valence-electron chi connectivity index (χ3n) is 6.43. The summed E-state index contributed by atoms with van der Waals surface area (Å²) in [5.41, 5.74) is 2.88. The van der Waals surface area contributed by atoms with E-state index in [0.29, 0.717) is 11.1 Å². The fourth-order valence-electron chi connectivity index (χ4n) is 4.69. The third kappa shape index (κ3) is 4.44. The lowest BCUT2D eigenvalue weighted by atomic mass is 10.1. The highest BCUT2D eigenvalue weighted by Gasteiger charge is 2.26. The van der Waals surface area contributed by atoms with Crippen LogP contribution in [0.25, 0.3) is 11.4 Å². The molecule has 2 aromatic carbocycles. The second kappa shape index (κ2) is 9.67. The Morgan fingerprint density at radius 3 is 2.41 bits per heavy atom. The standard InChI is InChI=1S/C25H27ClN4OS/c26-22-10-4-3-9-21(22)23-27-28-25(30(23)20-7-1-2-8-20)32-17-18-11-13-19(14-12-18)24(31)29-15-5-6-16-29/h3-4,9-14,20H,1-2,5-8,15-17H2. The summed E-state index contributed by atoms with van der Waals surface area (Å²) < 4.78 is 2.30. The number of carbonyl (C=O) groups is 1. The zero-order valence-electron chi connectivity index (χ0n) is 18.0. The molecule has 166 valence electrons. The maximum Gasteiger partial charge on any atom is 0.253 e. The Hall–Kier alpha value is -2.31. The second-order valence-electron chi connectivity index (χ2n) is 8.58. The summed E-state index contributed by atoms with van der Waals surface area (Å²) in [6, 6.07) is 16.3. The topological polar surface area (TPSA) is 51.0 Å². The van der Waals surface area contributed by atoms with Gasteiger partial charge in [-0.15, -0.1) is 10.2 Å². The van der Waals surface area contributed by atoms with E-state index in [0.717, 1.165) is 66.6 Å². The number of carbonyl (C=O) groups excluding carboxylic acids is 1. The van der Waals surface area contributed by atoms with Crippen LogP contribution in [0.1, 0.15) is 60.5 Å². The summed E-state index contributed by atoms with van der Waals surface area (Å²) in [5, 5.41) is 10.7. The number of nitrogens with zero attached hydrogens (tertiary/aromatic N) is 4. The Bertz CT molecular complexity index is 1090. The molecule has 0 spiro atoms. The fraction of sp³-hybridized carbons (Fsp3) is 0.400. The lowest BCUT2D eigenvalue weighted by Crippen LogP contribution is -2.27. The number of likely N-dealkylation sites (tertiary alicyclic amines) is 1. The minimum atomic E-state index is 0.145. The first-order valence-electron chi connectivity index (χ1n) is 11.4. The van der Waals surface area contributed by atoms with Crippen LogP contribution in [0.3, 0.4) is 0 Å². The zero-order valence-corrected chi connectivity index (χ0v) is 19.6. The van der Waals surface area contributed by atoms with Gasteiger partial charge in [0.2, 0.25) is 0 Å². The van der Waals surface area contributed by atoms with Gasteiger partial charge in [-0.2, -0.15) is 0 Å². The fourth-order valence-corrected chi connectivity index (χ4v) is 5.87. The molecule has 0 atom stereocenters. The van der Waals surface area contributed by atoms with E-state index < -0.39 is 0 Å². The van der Waals surface area contributed by atoms with Crippen LogP contribution in [0.15, 0.2) is 53.7 Å². The number of halogens is 1. The highest BCUT2D eigenvalue weighted by Crippen LogP contribution is 2.38. The molecule has 0 unspecified atom stereocenters. The smallest absolute Gasteiger partial charge is 0.253 e. The predicted octanol–water partition coefficient (Wildman–Crippen LogP) is 6.24. The molecule has 1 aromatic heterocycles. The van der Waals surface area contributed by atoms with Crippen LogP contribution in [0, 0.1) is 0 Å². The number of hydrogen-bond donors (Lipinski definition) is 0. The molecular weight excluding hydrogens is 440 g/mol. The molecule has 5 rings (SSSR count). The van der Waals surface area contributed by atoms with Crippen molar-refractivity contribution in [1.29, 1.82) is 0 Å². The van der Waals surface area contributed by atoms with Crippen molar-refractivity contribution in [3.8, 4) is 11.4 Å². The maximum absolute atomic E-state index is 12.6. The quantitative estimate of drug-likeness (QED) is 0.403. The predicted molar refractivity (Wildman–Crippen MR) is 129 cm³/mol. The number of aromatic nitrogens is 3. The van der Waals surface area contributed by atoms with Gasteiger partial charge in [-0.3, -0.25) is 9.36 Å². The monoisotopic (exact) mass is 466 g/mol. The molecule has 1 aliphatic heterocycles. The van der Waals surface area contributed by atoms with Gasteiger partial charge in [-0.05, 0) is 55.5 Å². The van der Waals surface area contributed by atoms with E-state index in [1.165, 1.54) is 18.4 Å². The summed E-state index contributed by atoms with van der Waals surface area (Å²) >= 11 is 8.19. The van der Waals surface area contributed by atoms with Crippen molar-refractivity contribution in [2.45, 2.75) is 55.5 Å². The van der Waals surface area contributed by atoms with E-state index in [2.05, 4.69) is 26.9 Å². The lowest BCUT2D eigenvalue weighted by molar-refractivity contribution is 0.0793. The Morgan fingerprint density at radius 2 is 1.69 bits per heavy atom. The summed E-state index contributed by atoms with van der Waals surface area (Å²) in [5.74, 6) is 1.79. The average Bonchev–Trinajstić information content (AvgIpc) is 3.59. The van der Waals surface area contributed by atoms with Crippen LogP contribution < -0.4 is 0 Å². The molecule has 1 amide bonds. The molecule has 1 saturated heterocycles.